The number of rotatable bonds is 7. The van der Waals surface area contributed by atoms with Crippen LogP contribution in [-0.2, 0) is 14.3 Å². The van der Waals surface area contributed by atoms with Gasteiger partial charge in [-0.2, -0.15) is 0 Å². The first-order chi connectivity index (χ1) is 12.4. The van der Waals surface area contributed by atoms with Crippen LogP contribution in [0.25, 0.3) is 0 Å². The molecule has 0 saturated heterocycles. The van der Waals surface area contributed by atoms with Crippen LogP contribution in [0.1, 0.15) is 16.8 Å². The van der Waals surface area contributed by atoms with Gasteiger partial charge in [-0.15, -0.1) is 0 Å². The predicted octanol–water partition coefficient (Wildman–Crippen LogP) is 1.99. The van der Waals surface area contributed by atoms with Gasteiger partial charge in [0.15, 0.2) is 6.61 Å². The molecule has 0 aliphatic heterocycles. The number of anilines is 2. The normalized spacial score (nSPS) is 10.2. The van der Waals surface area contributed by atoms with E-state index >= 15 is 0 Å². The highest BCUT2D eigenvalue weighted by Crippen LogP contribution is 2.19. The quantitative estimate of drug-likeness (QED) is 0.567. The molecule has 0 aliphatic rings. The first-order valence-electron chi connectivity index (χ1n) is 7.74. The summed E-state index contributed by atoms with van der Waals surface area (Å²) in [5.41, 5.74) is 11.7. The van der Waals surface area contributed by atoms with Crippen LogP contribution in [0.5, 0.6) is 0 Å². The van der Waals surface area contributed by atoms with E-state index in [1.54, 1.807) is 36.4 Å². The largest absolute Gasteiger partial charge is 0.452 e. The van der Waals surface area contributed by atoms with Crippen LogP contribution in [0.2, 0.25) is 5.02 Å². The van der Waals surface area contributed by atoms with Crippen LogP contribution < -0.4 is 16.4 Å². The van der Waals surface area contributed by atoms with Crippen molar-refractivity contribution in [3.63, 3.8) is 0 Å². The van der Waals surface area contributed by atoms with Crippen molar-refractivity contribution in [1.82, 2.24) is 0 Å². The fraction of sp³-hybridized carbons (Fsp3) is 0.167. The van der Waals surface area contributed by atoms with Crippen molar-refractivity contribution in [2.45, 2.75) is 6.42 Å². The standard InChI is InChI=1S/C18H18ClN3O4/c19-12-6-7-15(20)14(10-12)18(25)26-11-17(24)22(9-8-16(21)23)13-4-2-1-3-5-13/h1-7,10H,8-9,11,20H2,(H2,21,23). The number of ether oxygens (including phenoxy) is 1. The van der Waals surface area contributed by atoms with Crippen molar-refractivity contribution < 1.29 is 19.1 Å². The lowest BCUT2D eigenvalue weighted by Crippen LogP contribution is -2.37. The fourth-order valence-electron chi connectivity index (χ4n) is 2.22. The number of hydrogen-bond acceptors (Lipinski definition) is 5. The van der Waals surface area contributed by atoms with Crippen LogP contribution in [0.3, 0.4) is 0 Å². The van der Waals surface area contributed by atoms with Gasteiger partial charge >= 0.3 is 5.97 Å². The minimum Gasteiger partial charge on any atom is -0.452 e. The molecule has 0 saturated carbocycles. The van der Waals surface area contributed by atoms with Crippen molar-refractivity contribution in [1.29, 1.82) is 0 Å². The number of primary amides is 1. The van der Waals surface area contributed by atoms with Gasteiger partial charge in [-0.25, -0.2) is 4.79 Å². The summed E-state index contributed by atoms with van der Waals surface area (Å²) < 4.78 is 5.05. The number of amides is 2. The molecule has 2 aromatic rings. The van der Waals surface area contributed by atoms with E-state index in [0.29, 0.717) is 10.7 Å². The maximum Gasteiger partial charge on any atom is 0.340 e. The van der Waals surface area contributed by atoms with Gasteiger partial charge in [0.05, 0.1) is 5.56 Å². The maximum absolute atomic E-state index is 12.5. The number of halogens is 1. The smallest absolute Gasteiger partial charge is 0.340 e. The Balaban J connectivity index is 2.07. The summed E-state index contributed by atoms with van der Waals surface area (Å²) in [6.45, 7) is -0.437. The van der Waals surface area contributed by atoms with Crippen molar-refractivity contribution in [2.75, 3.05) is 23.8 Å². The van der Waals surface area contributed by atoms with Crippen molar-refractivity contribution in [3.05, 3.63) is 59.1 Å². The molecular formula is C18H18ClN3O4. The molecular weight excluding hydrogens is 358 g/mol. The topological polar surface area (TPSA) is 116 Å². The predicted molar refractivity (Wildman–Crippen MR) is 98.8 cm³/mol. The van der Waals surface area contributed by atoms with Crippen LogP contribution in [-0.4, -0.2) is 30.9 Å². The SMILES string of the molecule is NC(=O)CCN(C(=O)COC(=O)c1cc(Cl)ccc1N)c1ccccc1. The number of nitrogen functional groups attached to an aromatic ring is 1. The molecule has 0 spiro atoms. The molecule has 0 unspecified atom stereocenters. The van der Waals surface area contributed by atoms with E-state index in [4.69, 9.17) is 27.8 Å². The monoisotopic (exact) mass is 375 g/mol. The number of carbonyl (C=O) groups is 3. The van der Waals surface area contributed by atoms with E-state index in [-0.39, 0.29) is 24.2 Å². The van der Waals surface area contributed by atoms with Crippen molar-refractivity contribution in [2.24, 2.45) is 5.73 Å². The Labute approximate surface area is 155 Å². The van der Waals surface area contributed by atoms with E-state index in [1.807, 2.05) is 0 Å². The van der Waals surface area contributed by atoms with E-state index in [1.165, 1.54) is 17.0 Å². The average molecular weight is 376 g/mol. The van der Waals surface area contributed by atoms with E-state index in [0.717, 1.165) is 0 Å². The number of esters is 1. The molecule has 8 heteroatoms. The Morgan fingerprint density at radius 1 is 1.08 bits per heavy atom. The summed E-state index contributed by atoms with van der Waals surface area (Å²) in [6, 6.07) is 13.1. The zero-order valence-corrected chi connectivity index (χ0v) is 14.6. The third kappa shape index (κ3) is 5.22. The van der Waals surface area contributed by atoms with Crippen molar-refractivity contribution >= 4 is 40.8 Å². The molecule has 0 atom stereocenters. The Kier molecular flexibility index (Phi) is 6.57. The summed E-state index contributed by atoms with van der Waals surface area (Å²) in [7, 11) is 0. The zero-order valence-electron chi connectivity index (χ0n) is 13.9. The second kappa shape index (κ2) is 8.87. The summed E-state index contributed by atoms with van der Waals surface area (Å²) in [5, 5.41) is 0.324. The van der Waals surface area contributed by atoms with Gasteiger partial charge in [0.25, 0.3) is 5.91 Å². The molecule has 26 heavy (non-hydrogen) atoms. The van der Waals surface area contributed by atoms with Gasteiger partial charge in [-0.3, -0.25) is 9.59 Å². The van der Waals surface area contributed by atoms with E-state index in [9.17, 15) is 14.4 Å². The summed E-state index contributed by atoms with van der Waals surface area (Å²) in [5.74, 6) is -1.80. The molecule has 0 aliphatic carbocycles. The number of benzene rings is 2. The Morgan fingerprint density at radius 3 is 2.42 bits per heavy atom. The van der Waals surface area contributed by atoms with Crippen LogP contribution >= 0.6 is 11.6 Å². The van der Waals surface area contributed by atoms with E-state index < -0.39 is 24.4 Å². The molecule has 4 N–H and O–H groups in total. The molecule has 2 rings (SSSR count). The molecule has 136 valence electrons. The number of carbonyl (C=O) groups excluding carboxylic acids is 3. The van der Waals surface area contributed by atoms with Gasteiger partial charge in [0.1, 0.15) is 0 Å². The van der Waals surface area contributed by atoms with Gasteiger partial charge in [0, 0.05) is 29.4 Å². The van der Waals surface area contributed by atoms with Crippen LogP contribution in [0.4, 0.5) is 11.4 Å². The number of para-hydroxylation sites is 1. The summed E-state index contributed by atoms with van der Waals surface area (Å²) in [4.78, 5) is 37.0. The summed E-state index contributed by atoms with van der Waals surface area (Å²) >= 11 is 5.84. The minimum atomic E-state index is -0.763. The lowest BCUT2D eigenvalue weighted by Gasteiger charge is -2.22. The first kappa shape index (κ1) is 19.3. The highest BCUT2D eigenvalue weighted by Gasteiger charge is 2.19. The van der Waals surface area contributed by atoms with Crippen molar-refractivity contribution in [3.8, 4) is 0 Å². The fourth-order valence-corrected chi connectivity index (χ4v) is 2.39. The number of hydrogen-bond donors (Lipinski definition) is 2. The number of nitrogens with zero attached hydrogens (tertiary/aromatic N) is 1. The molecule has 2 amide bonds. The van der Waals surface area contributed by atoms with Crippen LogP contribution in [0, 0.1) is 0 Å². The lowest BCUT2D eigenvalue weighted by molar-refractivity contribution is -0.121. The molecule has 0 bridgehead atoms. The average Bonchev–Trinajstić information content (AvgIpc) is 2.62. The Bertz CT molecular complexity index is 811. The highest BCUT2D eigenvalue weighted by atomic mass is 35.5. The molecule has 0 fully saturated rings. The van der Waals surface area contributed by atoms with Gasteiger partial charge in [-0.05, 0) is 30.3 Å². The maximum atomic E-state index is 12.5. The molecule has 2 aromatic carbocycles. The number of nitrogens with two attached hydrogens (primary N) is 2. The Morgan fingerprint density at radius 2 is 1.77 bits per heavy atom. The Hall–Kier alpha value is -3.06. The second-order valence-corrected chi connectivity index (χ2v) is 5.84. The van der Waals surface area contributed by atoms with Crippen LogP contribution in [0.15, 0.2) is 48.5 Å². The zero-order chi connectivity index (χ0) is 19.1. The van der Waals surface area contributed by atoms with Gasteiger partial charge in [0.2, 0.25) is 5.91 Å². The molecule has 0 radical (unpaired) electrons. The lowest BCUT2D eigenvalue weighted by atomic mass is 10.2. The third-order valence-corrected chi connectivity index (χ3v) is 3.75. The highest BCUT2D eigenvalue weighted by molar-refractivity contribution is 6.31. The molecule has 7 nitrogen and oxygen atoms in total. The van der Waals surface area contributed by atoms with Gasteiger partial charge < -0.3 is 21.1 Å². The minimum absolute atomic E-state index is 0.0180. The second-order valence-electron chi connectivity index (χ2n) is 5.40. The molecule has 0 heterocycles. The molecule has 0 aromatic heterocycles. The van der Waals surface area contributed by atoms with Gasteiger partial charge in [-0.1, -0.05) is 29.8 Å². The summed E-state index contributed by atoms with van der Waals surface area (Å²) in [6.07, 6.45) is -0.0180. The first-order valence-corrected chi connectivity index (χ1v) is 8.12. The third-order valence-electron chi connectivity index (χ3n) is 3.51. The van der Waals surface area contributed by atoms with E-state index in [2.05, 4.69) is 0 Å².